The highest BCUT2D eigenvalue weighted by atomic mass is 32.2. The Morgan fingerprint density at radius 3 is 2.28 bits per heavy atom. The highest BCUT2D eigenvalue weighted by Gasteiger charge is 2.36. The van der Waals surface area contributed by atoms with E-state index in [0.29, 0.717) is 30.8 Å². The lowest BCUT2D eigenvalue weighted by molar-refractivity contribution is -0.275. The quantitative estimate of drug-likeness (QED) is 0.200. The van der Waals surface area contributed by atoms with Crippen LogP contribution in [0.25, 0.3) is 5.69 Å². The Morgan fingerprint density at radius 1 is 0.936 bits per heavy atom. The molecule has 13 heteroatoms. The number of halogens is 3. The smallest absolute Gasteiger partial charge is 0.404 e. The molecule has 0 saturated carbocycles. The van der Waals surface area contributed by atoms with Crippen molar-refractivity contribution < 1.29 is 31.1 Å². The number of para-hydroxylation sites is 1. The number of rotatable bonds is 8. The number of aryl methyl sites for hydroxylation is 1. The van der Waals surface area contributed by atoms with Crippen LogP contribution in [-0.2, 0) is 21.9 Å². The molecule has 1 saturated heterocycles. The van der Waals surface area contributed by atoms with E-state index in [1.807, 2.05) is 55.5 Å². The van der Waals surface area contributed by atoms with Crippen LogP contribution < -0.4 is 15.4 Å². The van der Waals surface area contributed by atoms with Gasteiger partial charge in [0.15, 0.2) is 0 Å². The average Bonchev–Trinajstić information content (AvgIpc) is 3.41. The number of nitrogens with zero attached hydrogens (tertiary/aromatic N) is 3. The molecule has 47 heavy (non-hydrogen) atoms. The van der Waals surface area contributed by atoms with Gasteiger partial charge in [0, 0.05) is 30.3 Å². The Balaban J connectivity index is 1.21. The number of carbonyl (C=O) groups excluding carboxylic acids is 1. The second-order valence-electron chi connectivity index (χ2n) is 12.7. The number of aromatic nitrogens is 2. The minimum Gasteiger partial charge on any atom is -0.404 e. The van der Waals surface area contributed by atoms with E-state index in [2.05, 4.69) is 36.1 Å². The first kappa shape index (κ1) is 34.0. The second-order valence-corrected chi connectivity index (χ2v) is 14.6. The van der Waals surface area contributed by atoms with Gasteiger partial charge in [0.25, 0.3) is 0 Å². The van der Waals surface area contributed by atoms with Crippen molar-refractivity contribution in [3.05, 3.63) is 95.7 Å². The van der Waals surface area contributed by atoms with Gasteiger partial charge < -0.3 is 10.1 Å². The summed E-state index contributed by atoms with van der Waals surface area (Å²) < 4.78 is 72.0. The molecule has 2 amide bonds. The average molecular weight is 670 g/mol. The zero-order valence-electron chi connectivity index (χ0n) is 26.6. The lowest BCUT2D eigenvalue weighted by Gasteiger charge is -2.31. The topological polar surface area (TPSA) is 106 Å². The van der Waals surface area contributed by atoms with Gasteiger partial charge in [0.2, 0.25) is 10.0 Å². The van der Waals surface area contributed by atoms with Crippen molar-refractivity contribution in [2.45, 2.75) is 63.6 Å². The van der Waals surface area contributed by atoms with E-state index in [-0.39, 0.29) is 24.4 Å². The molecule has 3 aromatic carbocycles. The van der Waals surface area contributed by atoms with Gasteiger partial charge in [-0.25, -0.2) is 17.9 Å². The third-order valence-corrected chi connectivity index (χ3v) is 9.91. The van der Waals surface area contributed by atoms with Crippen molar-refractivity contribution in [1.29, 1.82) is 0 Å². The SMILES string of the molecule is Cc1ccc(-n2nc(C(C)(C)C)cc2NC(=O)Nc2cccc(CC3CCN(S(=O)(=O)c4ccccc4OC(F)(F)F)CC3)c2)cc1. The third-order valence-electron chi connectivity index (χ3n) is 7.97. The molecule has 2 N–H and O–H groups in total. The highest BCUT2D eigenvalue weighted by Crippen LogP contribution is 2.34. The van der Waals surface area contributed by atoms with Gasteiger partial charge in [0.1, 0.15) is 16.5 Å². The minimum absolute atomic E-state index is 0.145. The van der Waals surface area contributed by atoms with Crippen molar-refractivity contribution in [1.82, 2.24) is 14.1 Å². The van der Waals surface area contributed by atoms with E-state index < -0.39 is 33.1 Å². The van der Waals surface area contributed by atoms with E-state index in [9.17, 15) is 26.4 Å². The van der Waals surface area contributed by atoms with Gasteiger partial charge in [-0.2, -0.15) is 9.40 Å². The van der Waals surface area contributed by atoms with Gasteiger partial charge in [-0.05, 0) is 74.1 Å². The number of hydrogen-bond acceptors (Lipinski definition) is 5. The molecule has 0 atom stereocenters. The molecule has 0 unspecified atom stereocenters. The van der Waals surface area contributed by atoms with Crippen LogP contribution in [0.3, 0.4) is 0 Å². The number of carbonyl (C=O) groups is 1. The number of nitrogens with one attached hydrogen (secondary N) is 2. The molecule has 0 spiro atoms. The number of hydrogen-bond donors (Lipinski definition) is 2. The molecule has 5 rings (SSSR count). The lowest BCUT2D eigenvalue weighted by Crippen LogP contribution is -2.39. The fraction of sp³-hybridized carbons (Fsp3) is 0.353. The predicted octanol–water partition coefficient (Wildman–Crippen LogP) is 7.66. The molecule has 250 valence electrons. The number of sulfonamides is 1. The Labute approximate surface area is 272 Å². The van der Waals surface area contributed by atoms with Crippen molar-refractivity contribution in [2.24, 2.45) is 5.92 Å². The molecular formula is C34H38F3N5O4S. The predicted molar refractivity (Wildman–Crippen MR) is 174 cm³/mol. The maximum absolute atomic E-state index is 13.2. The van der Waals surface area contributed by atoms with Gasteiger partial charge in [-0.15, -0.1) is 13.2 Å². The fourth-order valence-electron chi connectivity index (χ4n) is 5.47. The Kier molecular flexibility index (Phi) is 9.69. The van der Waals surface area contributed by atoms with Crippen molar-refractivity contribution in [2.75, 3.05) is 23.7 Å². The first-order chi connectivity index (χ1) is 22.1. The summed E-state index contributed by atoms with van der Waals surface area (Å²) in [4.78, 5) is 12.6. The van der Waals surface area contributed by atoms with Crippen LogP contribution in [-0.4, -0.2) is 48.0 Å². The third kappa shape index (κ3) is 8.52. The summed E-state index contributed by atoms with van der Waals surface area (Å²) >= 11 is 0. The maximum Gasteiger partial charge on any atom is 0.573 e. The molecule has 2 heterocycles. The van der Waals surface area contributed by atoms with Crippen LogP contribution in [0.1, 0.15) is 50.4 Å². The summed E-state index contributed by atoms with van der Waals surface area (Å²) in [5.74, 6) is -0.0710. The first-order valence-corrected chi connectivity index (χ1v) is 16.7. The van der Waals surface area contributed by atoms with Crippen LogP contribution in [0, 0.1) is 12.8 Å². The number of piperidine rings is 1. The molecule has 1 aromatic heterocycles. The number of anilines is 2. The van der Waals surface area contributed by atoms with Crippen LogP contribution in [0.2, 0.25) is 0 Å². The van der Waals surface area contributed by atoms with E-state index in [1.54, 1.807) is 10.7 Å². The molecule has 0 bridgehead atoms. The zero-order chi connectivity index (χ0) is 34.0. The Bertz CT molecular complexity index is 1830. The number of ether oxygens (including phenoxy) is 1. The number of amides is 2. The largest absolute Gasteiger partial charge is 0.573 e. The Morgan fingerprint density at radius 2 is 1.62 bits per heavy atom. The molecule has 4 aromatic rings. The van der Waals surface area contributed by atoms with Crippen LogP contribution in [0.4, 0.5) is 29.5 Å². The second kappa shape index (κ2) is 13.4. The molecule has 0 aliphatic carbocycles. The summed E-state index contributed by atoms with van der Waals surface area (Å²) in [6.07, 6.45) is -3.31. The highest BCUT2D eigenvalue weighted by molar-refractivity contribution is 7.89. The van der Waals surface area contributed by atoms with Crippen molar-refractivity contribution >= 4 is 27.6 Å². The lowest BCUT2D eigenvalue weighted by atomic mass is 9.91. The Hall–Kier alpha value is -4.36. The van der Waals surface area contributed by atoms with E-state index in [0.717, 1.165) is 34.6 Å². The monoisotopic (exact) mass is 669 g/mol. The number of benzene rings is 3. The molecular weight excluding hydrogens is 631 g/mol. The van der Waals surface area contributed by atoms with Crippen LogP contribution in [0.5, 0.6) is 5.75 Å². The maximum atomic E-state index is 13.2. The summed E-state index contributed by atoms with van der Waals surface area (Å²) in [7, 11) is -4.19. The molecule has 9 nitrogen and oxygen atoms in total. The van der Waals surface area contributed by atoms with Crippen molar-refractivity contribution in [3.63, 3.8) is 0 Å². The summed E-state index contributed by atoms with van der Waals surface area (Å²) in [5, 5.41) is 10.6. The van der Waals surface area contributed by atoms with E-state index in [1.165, 1.54) is 16.4 Å². The molecule has 0 radical (unpaired) electrons. The van der Waals surface area contributed by atoms with E-state index >= 15 is 0 Å². The normalized spacial score (nSPS) is 15.0. The van der Waals surface area contributed by atoms with Crippen molar-refractivity contribution in [3.8, 4) is 11.4 Å². The van der Waals surface area contributed by atoms with Gasteiger partial charge >= 0.3 is 12.4 Å². The molecule has 1 aliphatic heterocycles. The number of alkyl halides is 3. The molecule has 1 fully saturated rings. The standard InChI is InChI=1S/C34H38F3N5O4S/c1-23-12-14-27(15-13-23)42-31(22-30(40-42)33(2,3)4)39-32(43)38-26-9-7-8-25(21-26)20-24-16-18-41(19-17-24)47(44,45)29-11-6-5-10-28(29)46-34(35,36)37/h5-15,21-22,24H,16-20H2,1-4H3,(H2,38,39,43). The van der Waals surface area contributed by atoms with Crippen LogP contribution in [0.15, 0.2) is 83.8 Å². The van der Waals surface area contributed by atoms with Gasteiger partial charge in [-0.1, -0.05) is 62.7 Å². The van der Waals surface area contributed by atoms with Gasteiger partial charge in [0.05, 0.1) is 11.4 Å². The molecule has 1 aliphatic rings. The minimum atomic E-state index is -5.01. The van der Waals surface area contributed by atoms with Gasteiger partial charge in [-0.3, -0.25) is 5.32 Å². The zero-order valence-corrected chi connectivity index (χ0v) is 27.5. The summed E-state index contributed by atoms with van der Waals surface area (Å²) in [6, 6.07) is 21.5. The number of urea groups is 1. The summed E-state index contributed by atoms with van der Waals surface area (Å²) in [6.45, 7) is 8.50. The first-order valence-electron chi connectivity index (χ1n) is 15.3. The summed E-state index contributed by atoms with van der Waals surface area (Å²) in [5.41, 5.74) is 4.09. The fourth-order valence-corrected chi connectivity index (χ4v) is 7.06. The van der Waals surface area contributed by atoms with E-state index in [4.69, 9.17) is 5.10 Å². The van der Waals surface area contributed by atoms with Crippen LogP contribution >= 0.6 is 0 Å².